The largest absolute Gasteiger partial charge is 0.319 e. The molecule has 1 nitrogen and oxygen atoms in total. The molecule has 0 fully saturated rings. The highest BCUT2D eigenvalue weighted by molar-refractivity contribution is 9.10. The molecule has 0 bridgehead atoms. The second-order valence-electron chi connectivity index (χ2n) is 5.44. The van der Waals surface area contributed by atoms with Crippen LogP contribution >= 0.6 is 15.9 Å². The van der Waals surface area contributed by atoms with Crippen molar-refractivity contribution in [1.29, 1.82) is 0 Å². The van der Waals surface area contributed by atoms with E-state index in [2.05, 4.69) is 77.6 Å². The first-order valence-corrected chi connectivity index (χ1v) is 7.85. The number of hydrogen-bond acceptors (Lipinski definition) is 1. The first-order chi connectivity index (χ1) is 9.60. The van der Waals surface area contributed by atoms with Crippen LogP contribution < -0.4 is 5.32 Å². The normalized spacial score (nSPS) is 12.4. The van der Waals surface area contributed by atoms with Gasteiger partial charge in [-0.1, -0.05) is 51.8 Å². The van der Waals surface area contributed by atoms with Crippen molar-refractivity contribution in [3.63, 3.8) is 0 Å². The smallest absolute Gasteiger partial charge is 0.0178 e. The molecular formula is C18H22BrN. The van der Waals surface area contributed by atoms with E-state index in [1.165, 1.54) is 22.3 Å². The minimum Gasteiger partial charge on any atom is -0.319 e. The lowest BCUT2D eigenvalue weighted by molar-refractivity contribution is 0.624. The zero-order valence-corrected chi connectivity index (χ0v) is 14.0. The van der Waals surface area contributed by atoms with E-state index in [4.69, 9.17) is 0 Å². The predicted molar refractivity (Wildman–Crippen MR) is 90.4 cm³/mol. The van der Waals surface area contributed by atoms with E-state index in [1.807, 2.05) is 7.05 Å². The van der Waals surface area contributed by atoms with E-state index in [0.717, 1.165) is 17.4 Å². The standard InChI is InChI=1S/C18H22BrN/c1-13-7-8-14(2)16(9-13)10-17(12-20-3)15-5-4-6-18(19)11-15/h4-9,11,17,20H,10,12H2,1-3H3. The summed E-state index contributed by atoms with van der Waals surface area (Å²) < 4.78 is 1.15. The second-order valence-corrected chi connectivity index (χ2v) is 6.36. The highest BCUT2D eigenvalue weighted by Gasteiger charge is 2.13. The fraction of sp³-hybridized carbons (Fsp3) is 0.333. The van der Waals surface area contributed by atoms with Crippen molar-refractivity contribution < 1.29 is 0 Å². The van der Waals surface area contributed by atoms with E-state index in [0.29, 0.717) is 5.92 Å². The van der Waals surface area contributed by atoms with Crippen molar-refractivity contribution in [2.45, 2.75) is 26.2 Å². The molecule has 0 aliphatic rings. The van der Waals surface area contributed by atoms with Crippen molar-refractivity contribution in [2.24, 2.45) is 0 Å². The van der Waals surface area contributed by atoms with Crippen LogP contribution in [0.2, 0.25) is 0 Å². The maximum absolute atomic E-state index is 3.57. The summed E-state index contributed by atoms with van der Waals surface area (Å²) in [7, 11) is 2.02. The van der Waals surface area contributed by atoms with Gasteiger partial charge in [-0.2, -0.15) is 0 Å². The van der Waals surface area contributed by atoms with E-state index < -0.39 is 0 Å². The van der Waals surface area contributed by atoms with Crippen LogP contribution in [0.3, 0.4) is 0 Å². The molecule has 1 unspecified atom stereocenters. The summed E-state index contributed by atoms with van der Waals surface area (Å²) in [5.41, 5.74) is 5.55. The summed E-state index contributed by atoms with van der Waals surface area (Å²) in [5.74, 6) is 0.498. The number of nitrogens with one attached hydrogen (secondary N) is 1. The third-order valence-corrected chi connectivity index (χ3v) is 4.23. The fourth-order valence-corrected chi connectivity index (χ4v) is 3.02. The van der Waals surface area contributed by atoms with E-state index in [1.54, 1.807) is 0 Å². The molecule has 0 aromatic heterocycles. The quantitative estimate of drug-likeness (QED) is 0.843. The molecule has 0 heterocycles. The van der Waals surface area contributed by atoms with Crippen LogP contribution in [0.15, 0.2) is 46.9 Å². The Hall–Kier alpha value is -1.12. The van der Waals surface area contributed by atoms with Crippen molar-refractivity contribution in [1.82, 2.24) is 5.32 Å². The Balaban J connectivity index is 2.27. The Labute approximate surface area is 130 Å². The maximum Gasteiger partial charge on any atom is 0.0178 e. The molecule has 2 aromatic rings. The van der Waals surface area contributed by atoms with Gasteiger partial charge in [-0.3, -0.25) is 0 Å². The molecule has 0 aliphatic heterocycles. The van der Waals surface area contributed by atoms with Gasteiger partial charge in [-0.05, 0) is 56.1 Å². The van der Waals surface area contributed by atoms with Crippen LogP contribution in [-0.4, -0.2) is 13.6 Å². The van der Waals surface area contributed by atoms with Crippen LogP contribution in [0.25, 0.3) is 0 Å². The molecule has 2 aromatic carbocycles. The average molecular weight is 332 g/mol. The zero-order valence-electron chi connectivity index (χ0n) is 12.4. The first kappa shape index (κ1) is 15.3. The minimum absolute atomic E-state index is 0.498. The van der Waals surface area contributed by atoms with Gasteiger partial charge < -0.3 is 5.32 Å². The van der Waals surface area contributed by atoms with E-state index in [9.17, 15) is 0 Å². The van der Waals surface area contributed by atoms with Gasteiger partial charge in [-0.15, -0.1) is 0 Å². The summed E-state index contributed by atoms with van der Waals surface area (Å²) in [6.45, 7) is 5.35. The predicted octanol–water partition coefficient (Wildman–Crippen LogP) is 4.61. The monoisotopic (exact) mass is 331 g/mol. The molecule has 106 valence electrons. The average Bonchev–Trinajstić information content (AvgIpc) is 2.42. The summed E-state index contributed by atoms with van der Waals surface area (Å²) in [5, 5.41) is 3.32. The van der Waals surface area contributed by atoms with Crippen LogP contribution in [0.4, 0.5) is 0 Å². The van der Waals surface area contributed by atoms with Gasteiger partial charge in [0.15, 0.2) is 0 Å². The molecule has 1 N–H and O–H groups in total. The molecule has 20 heavy (non-hydrogen) atoms. The van der Waals surface area contributed by atoms with Gasteiger partial charge in [0.2, 0.25) is 0 Å². The number of halogens is 1. The second kappa shape index (κ2) is 7.05. The van der Waals surface area contributed by atoms with Gasteiger partial charge in [0.1, 0.15) is 0 Å². The van der Waals surface area contributed by atoms with Gasteiger partial charge >= 0.3 is 0 Å². The lowest BCUT2D eigenvalue weighted by Gasteiger charge is -2.19. The Morgan fingerprint density at radius 3 is 2.60 bits per heavy atom. The molecule has 2 rings (SSSR count). The Kier molecular flexibility index (Phi) is 5.38. The van der Waals surface area contributed by atoms with E-state index in [-0.39, 0.29) is 0 Å². The molecule has 0 aliphatic carbocycles. The van der Waals surface area contributed by atoms with Gasteiger partial charge in [0.05, 0.1) is 0 Å². The lowest BCUT2D eigenvalue weighted by Crippen LogP contribution is -2.19. The van der Waals surface area contributed by atoms with Gasteiger partial charge in [0, 0.05) is 16.9 Å². The van der Waals surface area contributed by atoms with Crippen LogP contribution in [-0.2, 0) is 6.42 Å². The van der Waals surface area contributed by atoms with Crippen molar-refractivity contribution >= 4 is 15.9 Å². The number of benzene rings is 2. The molecular weight excluding hydrogens is 310 g/mol. The van der Waals surface area contributed by atoms with Gasteiger partial charge in [-0.25, -0.2) is 0 Å². The zero-order chi connectivity index (χ0) is 14.5. The lowest BCUT2D eigenvalue weighted by atomic mass is 9.89. The molecule has 0 saturated heterocycles. The highest BCUT2D eigenvalue weighted by Crippen LogP contribution is 2.25. The number of likely N-dealkylation sites (N-methyl/N-ethyl adjacent to an activating group) is 1. The molecule has 2 heteroatoms. The first-order valence-electron chi connectivity index (χ1n) is 7.06. The Morgan fingerprint density at radius 1 is 1.10 bits per heavy atom. The number of rotatable bonds is 5. The third kappa shape index (κ3) is 3.94. The Morgan fingerprint density at radius 2 is 1.90 bits per heavy atom. The summed E-state index contributed by atoms with van der Waals surface area (Å²) >= 11 is 3.57. The minimum atomic E-state index is 0.498. The SMILES string of the molecule is CNCC(Cc1cc(C)ccc1C)c1cccc(Br)c1. The van der Waals surface area contributed by atoms with Gasteiger partial charge in [0.25, 0.3) is 0 Å². The van der Waals surface area contributed by atoms with Crippen LogP contribution in [0.1, 0.15) is 28.2 Å². The Bertz CT molecular complexity index is 577. The molecule has 1 atom stereocenters. The van der Waals surface area contributed by atoms with Crippen molar-refractivity contribution in [2.75, 3.05) is 13.6 Å². The molecule has 0 amide bonds. The highest BCUT2D eigenvalue weighted by atomic mass is 79.9. The van der Waals surface area contributed by atoms with Crippen LogP contribution in [0.5, 0.6) is 0 Å². The van der Waals surface area contributed by atoms with Crippen LogP contribution in [0, 0.1) is 13.8 Å². The summed E-state index contributed by atoms with van der Waals surface area (Å²) in [6.07, 6.45) is 1.07. The summed E-state index contributed by atoms with van der Waals surface area (Å²) in [6, 6.07) is 15.4. The topological polar surface area (TPSA) is 12.0 Å². The van der Waals surface area contributed by atoms with E-state index >= 15 is 0 Å². The molecule has 0 radical (unpaired) electrons. The molecule has 0 saturated carbocycles. The third-order valence-electron chi connectivity index (χ3n) is 3.74. The maximum atomic E-state index is 3.57. The van der Waals surface area contributed by atoms with Crippen molar-refractivity contribution in [3.8, 4) is 0 Å². The fourth-order valence-electron chi connectivity index (χ4n) is 2.60. The number of aryl methyl sites for hydroxylation is 2. The summed E-state index contributed by atoms with van der Waals surface area (Å²) in [4.78, 5) is 0. The van der Waals surface area contributed by atoms with Crippen molar-refractivity contribution in [3.05, 3.63) is 69.2 Å². The molecule has 0 spiro atoms. The number of hydrogen-bond donors (Lipinski definition) is 1.